The first-order valence-electron chi connectivity index (χ1n) is 5.85. The van der Waals surface area contributed by atoms with Crippen molar-refractivity contribution in [3.8, 4) is 0 Å². The van der Waals surface area contributed by atoms with Crippen molar-refractivity contribution in [1.29, 1.82) is 0 Å². The van der Waals surface area contributed by atoms with Gasteiger partial charge in [0.1, 0.15) is 4.33 Å². The highest BCUT2D eigenvalue weighted by atomic mass is 35.5. The number of nitrogens with one attached hydrogen (secondary N) is 1. The van der Waals surface area contributed by atoms with E-state index in [0.717, 1.165) is 0 Å². The summed E-state index contributed by atoms with van der Waals surface area (Å²) in [6, 6.07) is 5.62. The molecule has 0 aliphatic heterocycles. The minimum Gasteiger partial charge on any atom is -0.462 e. The van der Waals surface area contributed by atoms with Crippen LogP contribution in [0.2, 0.25) is 0 Å². The number of ether oxygens (including phenoxy) is 1. The lowest BCUT2D eigenvalue weighted by Gasteiger charge is -2.07. The third-order valence-electron chi connectivity index (χ3n) is 3.02. The van der Waals surface area contributed by atoms with E-state index in [9.17, 15) is 13.2 Å². The number of carbonyl (C=O) groups is 1. The monoisotopic (exact) mass is 337 g/mol. The highest BCUT2D eigenvalue weighted by Gasteiger charge is 2.52. The molecule has 0 radical (unpaired) electrons. The molecule has 0 heterocycles. The smallest absolute Gasteiger partial charge is 0.338 e. The third kappa shape index (κ3) is 3.44. The summed E-state index contributed by atoms with van der Waals surface area (Å²) in [6.45, 7) is 0.120. The van der Waals surface area contributed by atoms with E-state index >= 15 is 0 Å². The Morgan fingerprint density at radius 1 is 1.50 bits per heavy atom. The lowest BCUT2D eigenvalue weighted by Crippen LogP contribution is -2.19. The molecule has 0 amide bonds. The van der Waals surface area contributed by atoms with Crippen LogP contribution in [-0.2, 0) is 14.8 Å². The zero-order valence-electron chi connectivity index (χ0n) is 10.6. The Morgan fingerprint density at radius 2 is 2.15 bits per heavy atom. The first-order chi connectivity index (χ1) is 9.26. The molecule has 1 saturated carbocycles. The van der Waals surface area contributed by atoms with Gasteiger partial charge in [-0.15, -0.1) is 23.2 Å². The zero-order chi connectivity index (χ0) is 15.0. The van der Waals surface area contributed by atoms with Gasteiger partial charge in [-0.25, -0.2) is 17.9 Å². The summed E-state index contributed by atoms with van der Waals surface area (Å²) in [7, 11) is -2.29. The number of hydrogen-bond donors (Lipinski definition) is 1. The molecule has 5 nitrogen and oxygen atoms in total. The Bertz CT molecular complexity index is 630. The first-order valence-corrected chi connectivity index (χ1v) is 8.09. The molecule has 0 aromatic heterocycles. The molecule has 20 heavy (non-hydrogen) atoms. The standard InChI is InChI=1S/C12H13Cl2NO4S/c1-15-20(17,18)10-4-2-3-8(5-10)11(16)19-7-9-6-12(9,13)14/h2-5,9,15H,6-7H2,1H3/t9-/m0/s1. The van der Waals surface area contributed by atoms with Crippen molar-refractivity contribution in [1.82, 2.24) is 4.72 Å². The van der Waals surface area contributed by atoms with E-state index in [1.165, 1.54) is 31.3 Å². The van der Waals surface area contributed by atoms with Crippen molar-refractivity contribution in [2.24, 2.45) is 5.92 Å². The van der Waals surface area contributed by atoms with E-state index in [0.29, 0.717) is 6.42 Å². The van der Waals surface area contributed by atoms with E-state index < -0.39 is 20.3 Å². The van der Waals surface area contributed by atoms with Crippen LogP contribution in [0.15, 0.2) is 29.2 Å². The van der Waals surface area contributed by atoms with Gasteiger partial charge in [0.2, 0.25) is 10.0 Å². The molecule has 1 fully saturated rings. The molecule has 2 rings (SSSR count). The minimum atomic E-state index is -3.59. The van der Waals surface area contributed by atoms with Crippen LogP contribution in [0.25, 0.3) is 0 Å². The van der Waals surface area contributed by atoms with Gasteiger partial charge in [0.25, 0.3) is 0 Å². The molecule has 0 saturated heterocycles. The number of halogens is 2. The number of alkyl halides is 2. The van der Waals surface area contributed by atoms with E-state index in [4.69, 9.17) is 27.9 Å². The summed E-state index contributed by atoms with van der Waals surface area (Å²) >= 11 is 11.7. The second-order valence-electron chi connectivity index (χ2n) is 4.50. The fraction of sp³-hybridized carbons (Fsp3) is 0.417. The van der Waals surface area contributed by atoms with Crippen LogP contribution in [-0.4, -0.2) is 32.4 Å². The van der Waals surface area contributed by atoms with Crippen molar-refractivity contribution >= 4 is 39.2 Å². The number of benzene rings is 1. The molecule has 1 aliphatic rings. The highest BCUT2D eigenvalue weighted by Crippen LogP contribution is 2.53. The van der Waals surface area contributed by atoms with Crippen molar-refractivity contribution in [3.63, 3.8) is 0 Å². The van der Waals surface area contributed by atoms with Crippen LogP contribution in [0.3, 0.4) is 0 Å². The lowest BCUT2D eigenvalue weighted by molar-refractivity contribution is 0.0485. The maximum Gasteiger partial charge on any atom is 0.338 e. The van der Waals surface area contributed by atoms with Gasteiger partial charge >= 0.3 is 5.97 Å². The van der Waals surface area contributed by atoms with Crippen molar-refractivity contribution in [2.75, 3.05) is 13.7 Å². The quantitative estimate of drug-likeness (QED) is 0.658. The molecule has 1 N–H and O–H groups in total. The number of sulfonamides is 1. The predicted molar refractivity (Wildman–Crippen MR) is 75.5 cm³/mol. The maximum absolute atomic E-state index is 11.8. The summed E-state index contributed by atoms with van der Waals surface area (Å²) in [4.78, 5) is 11.8. The Morgan fingerprint density at radius 3 is 2.70 bits per heavy atom. The van der Waals surface area contributed by atoms with Crippen LogP contribution in [0, 0.1) is 5.92 Å². The molecular weight excluding hydrogens is 325 g/mol. The minimum absolute atomic E-state index is 0.00454. The Labute approximate surface area is 127 Å². The van der Waals surface area contributed by atoms with E-state index in [2.05, 4.69) is 4.72 Å². The average Bonchev–Trinajstić information content (AvgIpc) is 3.03. The summed E-state index contributed by atoms with van der Waals surface area (Å²) < 4.78 is 29.7. The summed E-state index contributed by atoms with van der Waals surface area (Å²) in [5, 5.41) is 0. The average molecular weight is 338 g/mol. The van der Waals surface area contributed by atoms with Gasteiger partial charge in [0, 0.05) is 5.92 Å². The molecule has 0 bridgehead atoms. The van der Waals surface area contributed by atoms with Crippen LogP contribution in [0.1, 0.15) is 16.8 Å². The predicted octanol–water partition coefficient (Wildman–Crippen LogP) is 1.95. The van der Waals surface area contributed by atoms with Gasteiger partial charge in [0.05, 0.1) is 17.1 Å². The van der Waals surface area contributed by atoms with E-state index in [-0.39, 0.29) is 23.0 Å². The second kappa shape index (κ2) is 5.52. The van der Waals surface area contributed by atoms with Gasteiger partial charge in [-0.1, -0.05) is 6.07 Å². The van der Waals surface area contributed by atoms with Crippen LogP contribution in [0.5, 0.6) is 0 Å². The molecule has 1 aliphatic carbocycles. The Balaban J connectivity index is 2.05. The molecule has 110 valence electrons. The number of carbonyl (C=O) groups excluding carboxylic acids is 1. The lowest BCUT2D eigenvalue weighted by atomic mass is 10.2. The molecule has 0 unspecified atom stereocenters. The SMILES string of the molecule is CNS(=O)(=O)c1cccc(C(=O)OC[C@@H]2CC2(Cl)Cl)c1. The molecule has 1 aromatic rings. The fourth-order valence-corrected chi connectivity index (χ4v) is 2.89. The number of rotatable bonds is 5. The van der Waals surface area contributed by atoms with Crippen molar-refractivity contribution in [2.45, 2.75) is 15.6 Å². The van der Waals surface area contributed by atoms with Crippen molar-refractivity contribution < 1.29 is 17.9 Å². The molecule has 1 aromatic carbocycles. The van der Waals surface area contributed by atoms with Gasteiger partial charge in [-0.05, 0) is 31.7 Å². The fourth-order valence-electron chi connectivity index (χ4n) is 1.62. The third-order valence-corrected chi connectivity index (χ3v) is 5.36. The van der Waals surface area contributed by atoms with E-state index in [1.54, 1.807) is 0 Å². The number of esters is 1. The van der Waals surface area contributed by atoms with Gasteiger partial charge < -0.3 is 4.74 Å². The topological polar surface area (TPSA) is 72.5 Å². The zero-order valence-corrected chi connectivity index (χ0v) is 12.9. The van der Waals surface area contributed by atoms with Crippen LogP contribution >= 0.6 is 23.2 Å². The summed E-state index contributed by atoms with van der Waals surface area (Å²) in [5.74, 6) is -0.673. The van der Waals surface area contributed by atoms with Gasteiger partial charge in [-0.3, -0.25) is 0 Å². The molecular formula is C12H13Cl2NO4S. The normalized spacial score (nSPS) is 20.4. The second-order valence-corrected chi connectivity index (χ2v) is 7.92. The number of hydrogen-bond acceptors (Lipinski definition) is 4. The molecule has 8 heteroatoms. The summed E-state index contributed by atoms with van der Waals surface area (Å²) in [6.07, 6.45) is 0.581. The molecule has 1 atom stereocenters. The largest absolute Gasteiger partial charge is 0.462 e. The van der Waals surface area contributed by atoms with Crippen LogP contribution in [0.4, 0.5) is 0 Å². The summed E-state index contributed by atoms with van der Waals surface area (Å²) in [5.41, 5.74) is 0.164. The van der Waals surface area contributed by atoms with Gasteiger partial charge in [0.15, 0.2) is 0 Å². The highest BCUT2D eigenvalue weighted by molar-refractivity contribution is 7.89. The Hall–Kier alpha value is -0.820. The van der Waals surface area contributed by atoms with Gasteiger partial charge in [-0.2, -0.15) is 0 Å². The maximum atomic E-state index is 11.8. The van der Waals surface area contributed by atoms with Crippen molar-refractivity contribution in [3.05, 3.63) is 29.8 Å². The molecule has 0 spiro atoms. The van der Waals surface area contributed by atoms with Crippen LogP contribution < -0.4 is 4.72 Å². The first kappa shape index (κ1) is 15.6. The Kier molecular flexibility index (Phi) is 4.30. The van der Waals surface area contributed by atoms with E-state index in [1.807, 2.05) is 0 Å².